The lowest BCUT2D eigenvalue weighted by atomic mass is 10.0. The Balaban J connectivity index is 2.21. The molecule has 0 fully saturated rings. The average Bonchev–Trinajstić information content (AvgIpc) is 2.84. The van der Waals surface area contributed by atoms with Crippen LogP contribution in [0.2, 0.25) is 0 Å². The maximum Gasteiger partial charge on any atom is 0.342 e. The number of nitrogens with two attached hydrogens (primary N) is 1. The molecule has 2 aromatic rings. The van der Waals surface area contributed by atoms with Crippen LogP contribution in [-0.4, -0.2) is 23.7 Å². The van der Waals surface area contributed by atoms with E-state index in [2.05, 4.69) is 9.72 Å². The first kappa shape index (κ1) is 12.6. The molecule has 0 spiro atoms. The van der Waals surface area contributed by atoms with Crippen LogP contribution in [0.25, 0.3) is 10.9 Å². The van der Waals surface area contributed by atoms with Crippen molar-refractivity contribution in [3.63, 3.8) is 0 Å². The highest BCUT2D eigenvalue weighted by atomic mass is 19.1. The molecule has 1 unspecified atom stereocenters. The average molecular weight is 250 g/mol. The second-order valence-electron chi connectivity index (χ2n) is 4.00. The highest BCUT2D eigenvalue weighted by molar-refractivity contribution is 5.81. The minimum Gasteiger partial charge on any atom is -0.464 e. The molecule has 96 valence electrons. The summed E-state index contributed by atoms with van der Waals surface area (Å²) >= 11 is 0. The fourth-order valence-electron chi connectivity index (χ4n) is 1.82. The molecule has 3 N–H and O–H groups in total. The molecule has 0 amide bonds. The number of nitrogens with one attached hydrogen (secondary N) is 1. The van der Waals surface area contributed by atoms with Gasteiger partial charge in [0.25, 0.3) is 0 Å². The molecule has 2 rings (SSSR count). The standard InChI is InChI=1S/C13H15FN2O2/c1-2-18-13(17)11(14)12(15)9-3-4-10-8(7-9)5-6-16-10/h3-7,11-12,16H,2,15H2,1H3/t11?,12-/m1/s1. The Morgan fingerprint density at radius 3 is 3.00 bits per heavy atom. The molecule has 18 heavy (non-hydrogen) atoms. The zero-order valence-corrected chi connectivity index (χ0v) is 10.0. The van der Waals surface area contributed by atoms with Gasteiger partial charge in [-0.25, -0.2) is 9.18 Å². The van der Waals surface area contributed by atoms with Gasteiger partial charge in [-0.3, -0.25) is 0 Å². The summed E-state index contributed by atoms with van der Waals surface area (Å²) in [6, 6.07) is 6.13. The minimum atomic E-state index is -1.85. The summed E-state index contributed by atoms with van der Waals surface area (Å²) in [7, 11) is 0. The molecule has 5 heteroatoms. The fourth-order valence-corrected chi connectivity index (χ4v) is 1.82. The number of esters is 1. The Bertz CT molecular complexity index is 553. The lowest BCUT2D eigenvalue weighted by Crippen LogP contribution is -2.31. The molecule has 0 saturated heterocycles. The molecule has 1 aromatic carbocycles. The van der Waals surface area contributed by atoms with Crippen LogP contribution in [0.5, 0.6) is 0 Å². The van der Waals surface area contributed by atoms with Crippen molar-refractivity contribution in [2.24, 2.45) is 5.73 Å². The third kappa shape index (κ3) is 2.36. The van der Waals surface area contributed by atoms with Gasteiger partial charge in [0.05, 0.1) is 12.6 Å². The van der Waals surface area contributed by atoms with Gasteiger partial charge in [-0.15, -0.1) is 0 Å². The van der Waals surface area contributed by atoms with E-state index in [1.807, 2.05) is 12.1 Å². The quantitative estimate of drug-likeness (QED) is 0.816. The van der Waals surface area contributed by atoms with E-state index < -0.39 is 18.2 Å². The Kier molecular flexibility index (Phi) is 3.62. The topological polar surface area (TPSA) is 68.1 Å². The van der Waals surface area contributed by atoms with Gasteiger partial charge in [-0.2, -0.15) is 0 Å². The minimum absolute atomic E-state index is 0.142. The van der Waals surface area contributed by atoms with Gasteiger partial charge in [0.2, 0.25) is 6.17 Å². The highest BCUT2D eigenvalue weighted by Crippen LogP contribution is 2.22. The SMILES string of the molecule is CCOC(=O)C(F)[C@H](N)c1ccc2[nH]ccc2c1. The largest absolute Gasteiger partial charge is 0.464 e. The number of halogens is 1. The highest BCUT2D eigenvalue weighted by Gasteiger charge is 2.27. The molecule has 2 atom stereocenters. The lowest BCUT2D eigenvalue weighted by molar-refractivity contribution is -0.149. The molecule has 1 aromatic heterocycles. The second-order valence-corrected chi connectivity index (χ2v) is 4.00. The van der Waals surface area contributed by atoms with Crippen molar-refractivity contribution in [3.05, 3.63) is 36.0 Å². The Morgan fingerprint density at radius 2 is 2.28 bits per heavy atom. The molecule has 1 heterocycles. The summed E-state index contributed by atoms with van der Waals surface area (Å²) in [6.07, 6.45) is -0.0561. The van der Waals surface area contributed by atoms with Crippen LogP contribution in [0.1, 0.15) is 18.5 Å². The first-order valence-electron chi connectivity index (χ1n) is 5.76. The van der Waals surface area contributed by atoms with Gasteiger partial charge in [0, 0.05) is 11.7 Å². The van der Waals surface area contributed by atoms with Crippen LogP contribution in [0.15, 0.2) is 30.5 Å². The van der Waals surface area contributed by atoms with E-state index >= 15 is 0 Å². The van der Waals surface area contributed by atoms with Crippen LogP contribution in [0, 0.1) is 0 Å². The first-order valence-corrected chi connectivity index (χ1v) is 5.76. The van der Waals surface area contributed by atoms with E-state index in [9.17, 15) is 9.18 Å². The van der Waals surface area contributed by atoms with Gasteiger partial charge in [0.1, 0.15) is 0 Å². The Hall–Kier alpha value is -1.88. The van der Waals surface area contributed by atoms with Gasteiger partial charge in [-0.05, 0) is 36.1 Å². The van der Waals surface area contributed by atoms with Gasteiger partial charge < -0.3 is 15.5 Å². The number of aromatic amines is 1. The third-order valence-corrected chi connectivity index (χ3v) is 2.79. The molecular weight excluding hydrogens is 235 g/mol. The predicted octanol–water partition coefficient (Wildman–Crippen LogP) is 2.07. The van der Waals surface area contributed by atoms with Crippen molar-refractivity contribution < 1.29 is 13.9 Å². The summed E-state index contributed by atoms with van der Waals surface area (Å²) in [4.78, 5) is 14.3. The number of hydrogen-bond acceptors (Lipinski definition) is 3. The lowest BCUT2D eigenvalue weighted by Gasteiger charge is -2.15. The molecule has 0 aliphatic carbocycles. The smallest absolute Gasteiger partial charge is 0.342 e. The molecule has 0 saturated carbocycles. The summed E-state index contributed by atoms with van der Waals surface area (Å²) in [5, 5.41) is 0.930. The Labute approximate surface area is 104 Å². The Morgan fingerprint density at radius 1 is 1.50 bits per heavy atom. The zero-order valence-electron chi connectivity index (χ0n) is 10.0. The molecule has 4 nitrogen and oxygen atoms in total. The number of H-pyrrole nitrogens is 1. The number of carbonyl (C=O) groups excluding carboxylic acids is 1. The number of carbonyl (C=O) groups is 1. The van der Waals surface area contributed by atoms with E-state index in [-0.39, 0.29) is 6.61 Å². The number of alkyl halides is 1. The zero-order chi connectivity index (χ0) is 13.1. The van der Waals surface area contributed by atoms with Crippen LogP contribution in [0.3, 0.4) is 0 Å². The predicted molar refractivity (Wildman–Crippen MR) is 66.8 cm³/mol. The van der Waals surface area contributed by atoms with E-state index in [1.165, 1.54) is 0 Å². The van der Waals surface area contributed by atoms with Gasteiger partial charge in [-0.1, -0.05) is 6.07 Å². The van der Waals surface area contributed by atoms with Crippen molar-refractivity contribution in [1.82, 2.24) is 4.98 Å². The van der Waals surface area contributed by atoms with Crippen molar-refractivity contribution >= 4 is 16.9 Å². The molecule has 0 aliphatic rings. The molecular formula is C13H15FN2O2. The summed E-state index contributed by atoms with van der Waals surface area (Å²) < 4.78 is 18.4. The monoisotopic (exact) mass is 250 g/mol. The van der Waals surface area contributed by atoms with Gasteiger partial charge >= 0.3 is 5.97 Å². The number of aromatic nitrogens is 1. The summed E-state index contributed by atoms with van der Waals surface area (Å²) in [5.74, 6) is -0.917. The van der Waals surface area contributed by atoms with Crippen LogP contribution < -0.4 is 5.73 Å². The number of fused-ring (bicyclic) bond motifs is 1. The fraction of sp³-hybridized carbons (Fsp3) is 0.308. The van der Waals surface area contributed by atoms with E-state index in [4.69, 9.17) is 5.73 Å². The first-order chi connectivity index (χ1) is 8.63. The van der Waals surface area contributed by atoms with Crippen molar-refractivity contribution in [3.8, 4) is 0 Å². The van der Waals surface area contributed by atoms with Crippen molar-refractivity contribution in [2.45, 2.75) is 19.1 Å². The number of hydrogen-bond donors (Lipinski definition) is 2. The van der Waals surface area contributed by atoms with Crippen molar-refractivity contribution in [2.75, 3.05) is 6.61 Å². The maximum atomic E-state index is 13.8. The van der Waals surface area contributed by atoms with E-state index in [0.717, 1.165) is 10.9 Å². The van der Waals surface area contributed by atoms with Gasteiger partial charge in [0.15, 0.2) is 0 Å². The summed E-state index contributed by atoms with van der Waals surface area (Å²) in [5.41, 5.74) is 7.26. The number of rotatable bonds is 4. The van der Waals surface area contributed by atoms with E-state index in [1.54, 1.807) is 25.3 Å². The molecule has 0 aliphatic heterocycles. The molecule has 0 radical (unpaired) electrons. The molecule has 0 bridgehead atoms. The van der Waals surface area contributed by atoms with Crippen LogP contribution in [-0.2, 0) is 9.53 Å². The van der Waals surface area contributed by atoms with Crippen LogP contribution >= 0.6 is 0 Å². The number of benzene rings is 1. The second kappa shape index (κ2) is 5.18. The number of ether oxygens (including phenoxy) is 1. The summed E-state index contributed by atoms with van der Waals surface area (Å²) in [6.45, 7) is 1.77. The third-order valence-electron chi connectivity index (χ3n) is 2.79. The van der Waals surface area contributed by atoms with Crippen LogP contribution in [0.4, 0.5) is 4.39 Å². The van der Waals surface area contributed by atoms with Crippen molar-refractivity contribution in [1.29, 1.82) is 0 Å². The normalized spacial score (nSPS) is 14.4. The maximum absolute atomic E-state index is 13.8. The van der Waals surface area contributed by atoms with E-state index in [0.29, 0.717) is 5.56 Å².